The molecule has 0 radical (unpaired) electrons. The standard InChI is InChI=1S/C16H22N4O2S/c1-12(17)14-7-5-13(6-8-14)10-18-23(21,22)16-11-20-9-3-2-4-15(20)19-16/h5-8,11-12,18H,2-4,9-10,17H2,1H3. The Morgan fingerprint density at radius 2 is 2.04 bits per heavy atom. The lowest BCUT2D eigenvalue weighted by atomic mass is 10.1. The zero-order valence-electron chi connectivity index (χ0n) is 13.2. The highest BCUT2D eigenvalue weighted by Crippen LogP contribution is 2.17. The second-order valence-electron chi connectivity index (χ2n) is 6.00. The SMILES string of the molecule is CC(N)c1ccc(CNS(=O)(=O)c2cn3c(n2)CCCC3)cc1. The van der Waals surface area contributed by atoms with Crippen molar-refractivity contribution in [2.45, 2.75) is 50.3 Å². The number of nitrogens with zero attached hydrogens (tertiary/aromatic N) is 2. The predicted molar refractivity (Wildman–Crippen MR) is 88.2 cm³/mol. The zero-order chi connectivity index (χ0) is 16.4. The Bertz CT molecular complexity index is 755. The smallest absolute Gasteiger partial charge is 0.259 e. The maximum Gasteiger partial charge on any atom is 0.259 e. The molecular weight excluding hydrogens is 312 g/mol. The Morgan fingerprint density at radius 3 is 2.70 bits per heavy atom. The zero-order valence-corrected chi connectivity index (χ0v) is 14.0. The molecule has 0 spiro atoms. The lowest BCUT2D eigenvalue weighted by Crippen LogP contribution is -2.23. The van der Waals surface area contributed by atoms with Gasteiger partial charge >= 0.3 is 0 Å². The number of fused-ring (bicyclic) bond motifs is 1. The summed E-state index contributed by atoms with van der Waals surface area (Å²) in [6.07, 6.45) is 4.61. The molecule has 23 heavy (non-hydrogen) atoms. The van der Waals surface area contributed by atoms with Crippen molar-refractivity contribution in [3.63, 3.8) is 0 Å². The first-order valence-electron chi connectivity index (χ1n) is 7.86. The van der Waals surface area contributed by atoms with E-state index in [-0.39, 0.29) is 17.6 Å². The van der Waals surface area contributed by atoms with E-state index >= 15 is 0 Å². The van der Waals surface area contributed by atoms with Gasteiger partial charge in [0.25, 0.3) is 10.0 Å². The molecule has 0 amide bonds. The van der Waals surface area contributed by atoms with E-state index in [0.717, 1.165) is 42.8 Å². The fraction of sp³-hybridized carbons (Fsp3) is 0.438. The number of imidazole rings is 1. The Balaban J connectivity index is 1.70. The minimum Gasteiger partial charge on any atom is -0.333 e. The van der Waals surface area contributed by atoms with Crippen LogP contribution in [-0.2, 0) is 29.5 Å². The maximum atomic E-state index is 12.4. The van der Waals surface area contributed by atoms with E-state index in [2.05, 4.69) is 9.71 Å². The molecule has 1 aromatic heterocycles. The third-order valence-corrected chi connectivity index (χ3v) is 5.41. The molecule has 2 aromatic rings. The predicted octanol–water partition coefficient (Wildman–Crippen LogP) is 1.72. The number of nitrogens with two attached hydrogens (primary N) is 1. The summed E-state index contributed by atoms with van der Waals surface area (Å²) in [7, 11) is -3.59. The Kier molecular flexibility index (Phi) is 4.52. The molecule has 1 aliphatic rings. The summed E-state index contributed by atoms with van der Waals surface area (Å²) in [6.45, 7) is 3.00. The Morgan fingerprint density at radius 1 is 1.30 bits per heavy atom. The van der Waals surface area contributed by atoms with Gasteiger partial charge in [0.15, 0.2) is 5.03 Å². The molecule has 0 saturated heterocycles. The van der Waals surface area contributed by atoms with E-state index in [1.54, 1.807) is 6.20 Å². The summed E-state index contributed by atoms with van der Waals surface area (Å²) in [4.78, 5) is 4.27. The first-order valence-corrected chi connectivity index (χ1v) is 9.34. The van der Waals surface area contributed by atoms with Crippen molar-refractivity contribution in [2.24, 2.45) is 5.73 Å². The van der Waals surface area contributed by atoms with Crippen LogP contribution in [0.5, 0.6) is 0 Å². The van der Waals surface area contributed by atoms with E-state index in [4.69, 9.17) is 5.73 Å². The Labute approximate surface area is 136 Å². The normalized spacial score (nSPS) is 16.1. The second kappa shape index (κ2) is 6.43. The number of aryl methyl sites for hydroxylation is 2. The van der Waals surface area contributed by atoms with Crippen molar-refractivity contribution in [1.82, 2.24) is 14.3 Å². The highest BCUT2D eigenvalue weighted by Gasteiger charge is 2.21. The fourth-order valence-electron chi connectivity index (χ4n) is 2.71. The largest absolute Gasteiger partial charge is 0.333 e. The molecule has 3 rings (SSSR count). The first-order chi connectivity index (χ1) is 11.0. The van der Waals surface area contributed by atoms with Crippen LogP contribution in [0, 0.1) is 0 Å². The van der Waals surface area contributed by atoms with Crippen LogP contribution in [0.15, 0.2) is 35.5 Å². The highest BCUT2D eigenvalue weighted by atomic mass is 32.2. The van der Waals surface area contributed by atoms with Crippen LogP contribution in [0.25, 0.3) is 0 Å². The Hall–Kier alpha value is -1.70. The highest BCUT2D eigenvalue weighted by molar-refractivity contribution is 7.89. The average molecular weight is 334 g/mol. The molecule has 3 N–H and O–H groups in total. The van der Waals surface area contributed by atoms with E-state index in [9.17, 15) is 8.42 Å². The number of benzene rings is 1. The molecular formula is C16H22N4O2S. The molecule has 1 aromatic carbocycles. The molecule has 7 heteroatoms. The summed E-state index contributed by atoms with van der Waals surface area (Å²) in [5.74, 6) is 0.859. The fourth-order valence-corrected chi connectivity index (χ4v) is 3.70. The lowest BCUT2D eigenvalue weighted by molar-refractivity contribution is 0.522. The van der Waals surface area contributed by atoms with Gasteiger partial charge in [-0.05, 0) is 30.9 Å². The quantitative estimate of drug-likeness (QED) is 0.871. The van der Waals surface area contributed by atoms with Gasteiger partial charge in [-0.1, -0.05) is 24.3 Å². The maximum absolute atomic E-state index is 12.4. The monoisotopic (exact) mass is 334 g/mol. The molecule has 1 unspecified atom stereocenters. The van der Waals surface area contributed by atoms with Gasteiger partial charge in [0.2, 0.25) is 0 Å². The molecule has 1 aliphatic heterocycles. The minimum absolute atomic E-state index is 0.0300. The van der Waals surface area contributed by atoms with Gasteiger partial charge in [-0.25, -0.2) is 18.1 Å². The van der Waals surface area contributed by atoms with Crippen LogP contribution in [0.2, 0.25) is 0 Å². The van der Waals surface area contributed by atoms with Crippen LogP contribution >= 0.6 is 0 Å². The molecule has 0 saturated carbocycles. The van der Waals surface area contributed by atoms with Gasteiger partial charge in [-0.2, -0.15) is 0 Å². The van der Waals surface area contributed by atoms with Crippen LogP contribution in [0.4, 0.5) is 0 Å². The van der Waals surface area contributed by atoms with E-state index < -0.39 is 10.0 Å². The van der Waals surface area contributed by atoms with E-state index in [1.807, 2.05) is 35.8 Å². The average Bonchev–Trinajstić information content (AvgIpc) is 2.98. The minimum atomic E-state index is -3.59. The summed E-state index contributed by atoms with van der Waals surface area (Å²) in [6, 6.07) is 7.59. The van der Waals surface area contributed by atoms with E-state index in [0.29, 0.717) is 0 Å². The summed E-state index contributed by atoms with van der Waals surface area (Å²) < 4.78 is 29.3. The second-order valence-corrected chi connectivity index (χ2v) is 7.71. The van der Waals surface area contributed by atoms with Gasteiger partial charge in [0.05, 0.1) is 0 Å². The van der Waals surface area contributed by atoms with Crippen molar-refractivity contribution >= 4 is 10.0 Å². The topological polar surface area (TPSA) is 90.0 Å². The third-order valence-electron chi connectivity index (χ3n) is 4.13. The van der Waals surface area contributed by atoms with Gasteiger partial charge < -0.3 is 10.3 Å². The summed E-state index contributed by atoms with van der Waals surface area (Å²) in [5.41, 5.74) is 7.73. The molecule has 0 fully saturated rings. The third kappa shape index (κ3) is 3.63. The molecule has 2 heterocycles. The van der Waals surface area contributed by atoms with Gasteiger partial charge in [0.1, 0.15) is 5.82 Å². The summed E-state index contributed by atoms with van der Waals surface area (Å²) in [5, 5.41) is 0.113. The van der Waals surface area contributed by atoms with E-state index in [1.165, 1.54) is 0 Å². The van der Waals surface area contributed by atoms with Crippen molar-refractivity contribution in [2.75, 3.05) is 0 Å². The van der Waals surface area contributed by atoms with Gasteiger partial charge in [0, 0.05) is 31.7 Å². The van der Waals surface area contributed by atoms with Gasteiger partial charge in [-0.3, -0.25) is 0 Å². The van der Waals surface area contributed by atoms with Crippen molar-refractivity contribution < 1.29 is 8.42 Å². The van der Waals surface area contributed by atoms with Crippen molar-refractivity contribution in [3.8, 4) is 0 Å². The first kappa shape index (κ1) is 16.2. The van der Waals surface area contributed by atoms with Crippen LogP contribution in [-0.4, -0.2) is 18.0 Å². The number of aromatic nitrogens is 2. The van der Waals surface area contributed by atoms with Gasteiger partial charge in [-0.15, -0.1) is 0 Å². The molecule has 0 aliphatic carbocycles. The number of rotatable bonds is 5. The molecule has 1 atom stereocenters. The van der Waals surface area contributed by atoms with Crippen LogP contribution in [0.1, 0.15) is 42.8 Å². The van der Waals surface area contributed by atoms with Crippen molar-refractivity contribution in [3.05, 3.63) is 47.4 Å². The number of hydrogen-bond acceptors (Lipinski definition) is 4. The van der Waals surface area contributed by atoms with Crippen LogP contribution in [0.3, 0.4) is 0 Å². The van der Waals surface area contributed by atoms with Crippen LogP contribution < -0.4 is 10.5 Å². The number of hydrogen-bond donors (Lipinski definition) is 2. The molecule has 0 bridgehead atoms. The summed E-state index contributed by atoms with van der Waals surface area (Å²) >= 11 is 0. The lowest BCUT2D eigenvalue weighted by Gasteiger charge is -2.11. The number of sulfonamides is 1. The molecule has 124 valence electrons. The van der Waals surface area contributed by atoms with Crippen molar-refractivity contribution in [1.29, 1.82) is 0 Å². The number of nitrogens with one attached hydrogen (secondary N) is 1. The molecule has 6 nitrogen and oxygen atoms in total.